The number of hydrogen-bond donors (Lipinski definition) is 2. The SMILES string of the molecule is O=C(NCC(O)N1CCN(c2cccc(Cl)c2Cl)CC1)c1ccc2c(c1)Cc1ccccc1-2. The average Bonchev–Trinajstić information content (AvgIpc) is 3.22. The molecule has 0 bridgehead atoms. The van der Waals surface area contributed by atoms with Gasteiger partial charge in [0.15, 0.2) is 0 Å². The third-order valence-electron chi connectivity index (χ3n) is 6.51. The van der Waals surface area contributed by atoms with Crippen LogP contribution in [0, 0.1) is 0 Å². The van der Waals surface area contributed by atoms with Crippen LogP contribution < -0.4 is 10.2 Å². The van der Waals surface area contributed by atoms with Crippen LogP contribution in [0.25, 0.3) is 11.1 Å². The lowest BCUT2D eigenvalue weighted by Crippen LogP contribution is -2.53. The van der Waals surface area contributed by atoms with Gasteiger partial charge in [0.2, 0.25) is 0 Å². The minimum absolute atomic E-state index is 0.169. The van der Waals surface area contributed by atoms with Crippen LogP contribution in [-0.4, -0.2) is 54.9 Å². The molecule has 1 unspecified atom stereocenters. The molecule has 0 aromatic heterocycles. The first-order chi connectivity index (χ1) is 16.0. The van der Waals surface area contributed by atoms with E-state index >= 15 is 0 Å². The highest BCUT2D eigenvalue weighted by molar-refractivity contribution is 6.43. The lowest BCUT2D eigenvalue weighted by molar-refractivity contribution is 0.00191. The Morgan fingerprint density at radius 1 is 0.939 bits per heavy atom. The third-order valence-corrected chi connectivity index (χ3v) is 7.32. The van der Waals surface area contributed by atoms with Crippen LogP contribution in [0.15, 0.2) is 60.7 Å². The van der Waals surface area contributed by atoms with E-state index in [2.05, 4.69) is 22.3 Å². The van der Waals surface area contributed by atoms with Crippen LogP contribution in [0.2, 0.25) is 10.0 Å². The Morgan fingerprint density at radius 2 is 1.70 bits per heavy atom. The van der Waals surface area contributed by atoms with Crippen molar-refractivity contribution in [2.45, 2.75) is 12.6 Å². The van der Waals surface area contributed by atoms with E-state index in [1.807, 2.05) is 47.4 Å². The molecule has 0 saturated carbocycles. The van der Waals surface area contributed by atoms with Crippen molar-refractivity contribution >= 4 is 34.8 Å². The van der Waals surface area contributed by atoms with E-state index in [9.17, 15) is 9.90 Å². The molecular formula is C26H25Cl2N3O2. The van der Waals surface area contributed by atoms with E-state index in [1.54, 1.807) is 6.07 Å². The van der Waals surface area contributed by atoms with Crippen LogP contribution in [0.1, 0.15) is 21.5 Å². The summed E-state index contributed by atoms with van der Waals surface area (Å²) < 4.78 is 0. The lowest BCUT2D eigenvalue weighted by atomic mass is 10.0. The van der Waals surface area contributed by atoms with Gasteiger partial charge < -0.3 is 15.3 Å². The van der Waals surface area contributed by atoms with Gasteiger partial charge in [0.05, 0.1) is 22.3 Å². The predicted octanol–water partition coefficient (Wildman–Crippen LogP) is 4.44. The Labute approximate surface area is 203 Å². The van der Waals surface area contributed by atoms with Crippen molar-refractivity contribution in [3.05, 3.63) is 87.4 Å². The van der Waals surface area contributed by atoms with Crippen molar-refractivity contribution in [2.24, 2.45) is 0 Å². The van der Waals surface area contributed by atoms with Gasteiger partial charge >= 0.3 is 0 Å². The Morgan fingerprint density at radius 3 is 2.52 bits per heavy atom. The Kier molecular flexibility index (Phi) is 6.30. The van der Waals surface area contributed by atoms with E-state index in [-0.39, 0.29) is 12.5 Å². The number of carbonyl (C=O) groups excluding carboxylic acids is 1. The summed E-state index contributed by atoms with van der Waals surface area (Å²) in [6.45, 7) is 2.94. The van der Waals surface area contributed by atoms with Crippen molar-refractivity contribution < 1.29 is 9.90 Å². The molecule has 1 saturated heterocycles. The zero-order chi connectivity index (χ0) is 22.9. The molecule has 1 atom stereocenters. The maximum Gasteiger partial charge on any atom is 0.251 e. The molecule has 170 valence electrons. The molecule has 0 radical (unpaired) electrons. The second-order valence-corrected chi connectivity index (χ2v) is 9.28. The summed E-state index contributed by atoms with van der Waals surface area (Å²) in [5.74, 6) is -0.169. The van der Waals surface area contributed by atoms with E-state index in [1.165, 1.54) is 22.3 Å². The lowest BCUT2D eigenvalue weighted by Gasteiger charge is -2.38. The van der Waals surface area contributed by atoms with Crippen LogP contribution >= 0.6 is 23.2 Å². The number of rotatable bonds is 5. The van der Waals surface area contributed by atoms with Gasteiger partial charge in [-0.3, -0.25) is 9.69 Å². The fourth-order valence-electron chi connectivity index (χ4n) is 4.70. The van der Waals surface area contributed by atoms with Gasteiger partial charge in [-0.15, -0.1) is 0 Å². The highest BCUT2D eigenvalue weighted by Gasteiger charge is 2.25. The largest absolute Gasteiger partial charge is 0.377 e. The van der Waals surface area contributed by atoms with Crippen molar-refractivity contribution in [3.8, 4) is 11.1 Å². The molecule has 1 aliphatic carbocycles. The molecule has 5 rings (SSSR count). The van der Waals surface area contributed by atoms with Crippen LogP contribution in [0.5, 0.6) is 0 Å². The number of aliphatic hydroxyl groups excluding tert-OH is 1. The number of nitrogens with one attached hydrogen (secondary N) is 1. The van der Waals surface area contributed by atoms with Crippen LogP contribution in [0.3, 0.4) is 0 Å². The zero-order valence-corrected chi connectivity index (χ0v) is 19.6. The van der Waals surface area contributed by atoms with Gasteiger partial charge in [0, 0.05) is 31.7 Å². The molecule has 3 aromatic carbocycles. The smallest absolute Gasteiger partial charge is 0.251 e. The van der Waals surface area contributed by atoms with Crippen molar-refractivity contribution in [2.75, 3.05) is 37.6 Å². The van der Waals surface area contributed by atoms with E-state index in [0.717, 1.165) is 25.2 Å². The van der Waals surface area contributed by atoms with Gasteiger partial charge in [0.1, 0.15) is 6.23 Å². The molecule has 33 heavy (non-hydrogen) atoms. The van der Waals surface area contributed by atoms with Crippen molar-refractivity contribution in [1.82, 2.24) is 10.2 Å². The number of amides is 1. The quantitative estimate of drug-likeness (QED) is 0.442. The molecule has 2 aliphatic rings. The molecule has 1 amide bonds. The second-order valence-electron chi connectivity index (χ2n) is 8.49. The number of aliphatic hydroxyl groups is 1. The molecule has 1 heterocycles. The fourth-order valence-corrected chi connectivity index (χ4v) is 5.11. The van der Waals surface area contributed by atoms with Gasteiger partial charge in [-0.2, -0.15) is 0 Å². The Bertz CT molecular complexity index is 1190. The number of fused-ring (bicyclic) bond motifs is 3. The van der Waals surface area contributed by atoms with E-state index in [0.29, 0.717) is 28.7 Å². The third kappa shape index (κ3) is 4.46. The number of benzene rings is 3. The fraction of sp³-hybridized carbons (Fsp3) is 0.269. The number of hydrogen-bond acceptors (Lipinski definition) is 4. The molecule has 1 aliphatic heterocycles. The molecule has 0 spiro atoms. The first-order valence-electron chi connectivity index (χ1n) is 11.1. The number of carbonyl (C=O) groups is 1. The van der Waals surface area contributed by atoms with E-state index < -0.39 is 6.23 Å². The molecule has 3 aromatic rings. The average molecular weight is 482 g/mol. The zero-order valence-electron chi connectivity index (χ0n) is 18.1. The number of nitrogens with zero attached hydrogens (tertiary/aromatic N) is 2. The van der Waals surface area contributed by atoms with Gasteiger partial charge in [-0.05, 0) is 52.9 Å². The number of halogens is 2. The maximum absolute atomic E-state index is 12.7. The van der Waals surface area contributed by atoms with Crippen molar-refractivity contribution in [1.29, 1.82) is 0 Å². The van der Waals surface area contributed by atoms with E-state index in [4.69, 9.17) is 23.2 Å². The summed E-state index contributed by atoms with van der Waals surface area (Å²) in [5, 5.41) is 14.6. The Hall–Kier alpha value is -2.57. The summed E-state index contributed by atoms with van der Waals surface area (Å²) in [6.07, 6.45) is 0.0977. The normalized spacial score (nSPS) is 16.3. The number of anilines is 1. The van der Waals surface area contributed by atoms with Crippen molar-refractivity contribution in [3.63, 3.8) is 0 Å². The molecular weight excluding hydrogens is 457 g/mol. The number of piperazine rings is 1. The first-order valence-corrected chi connectivity index (χ1v) is 11.9. The maximum atomic E-state index is 12.7. The van der Waals surface area contributed by atoms with Gasteiger partial charge in [-0.25, -0.2) is 0 Å². The standard InChI is InChI=1S/C26H25Cl2N3O2/c27-22-6-3-7-23(25(22)28)30-10-12-31(13-11-30)24(32)16-29-26(33)18-8-9-21-19(15-18)14-17-4-1-2-5-20(17)21/h1-9,15,24,32H,10-14,16H2,(H,29,33). The summed E-state index contributed by atoms with van der Waals surface area (Å²) in [4.78, 5) is 16.9. The molecule has 2 N–H and O–H groups in total. The minimum Gasteiger partial charge on any atom is -0.377 e. The monoisotopic (exact) mass is 481 g/mol. The Balaban J connectivity index is 1.15. The van der Waals surface area contributed by atoms with Gasteiger partial charge in [-0.1, -0.05) is 59.6 Å². The summed E-state index contributed by atoms with van der Waals surface area (Å²) in [5.41, 5.74) is 6.42. The predicted molar refractivity (Wildman–Crippen MR) is 133 cm³/mol. The minimum atomic E-state index is -0.746. The molecule has 7 heteroatoms. The molecule has 1 fully saturated rings. The summed E-state index contributed by atoms with van der Waals surface area (Å²) in [6, 6.07) is 19.8. The summed E-state index contributed by atoms with van der Waals surface area (Å²) in [7, 11) is 0. The van der Waals surface area contributed by atoms with Crippen LogP contribution in [-0.2, 0) is 6.42 Å². The van der Waals surface area contributed by atoms with Gasteiger partial charge in [0.25, 0.3) is 5.91 Å². The van der Waals surface area contributed by atoms with Crippen LogP contribution in [0.4, 0.5) is 5.69 Å². The topological polar surface area (TPSA) is 55.8 Å². The first kappa shape index (κ1) is 22.2. The second kappa shape index (κ2) is 9.35. The highest BCUT2D eigenvalue weighted by Crippen LogP contribution is 2.36. The molecule has 5 nitrogen and oxygen atoms in total. The summed E-state index contributed by atoms with van der Waals surface area (Å²) >= 11 is 12.5. The highest BCUT2D eigenvalue weighted by atomic mass is 35.5.